The van der Waals surface area contributed by atoms with Crippen LogP contribution < -0.4 is 10.1 Å². The molecule has 0 aliphatic heterocycles. The van der Waals surface area contributed by atoms with Crippen LogP contribution in [0.1, 0.15) is 10.4 Å². The smallest absolute Gasteiger partial charge is 0.255 e. The molecule has 2 rings (SSSR count). The molecule has 6 heteroatoms. The molecule has 2 aromatic rings. The van der Waals surface area contributed by atoms with Crippen LogP contribution in [0.15, 0.2) is 53.4 Å². The quantitative estimate of drug-likeness (QED) is 0.941. The van der Waals surface area contributed by atoms with Gasteiger partial charge in [0.2, 0.25) is 0 Å². The summed E-state index contributed by atoms with van der Waals surface area (Å²) in [5, 5.41) is 2.70. The molecular formula is C15H15NO4S. The van der Waals surface area contributed by atoms with E-state index >= 15 is 0 Å². The van der Waals surface area contributed by atoms with Gasteiger partial charge in [0.05, 0.1) is 12.0 Å². The number of hydrogen-bond acceptors (Lipinski definition) is 4. The normalized spacial score (nSPS) is 11.0. The van der Waals surface area contributed by atoms with Gasteiger partial charge in [-0.15, -0.1) is 0 Å². The van der Waals surface area contributed by atoms with Crippen LogP contribution in [0.25, 0.3) is 0 Å². The van der Waals surface area contributed by atoms with Gasteiger partial charge in [-0.05, 0) is 42.5 Å². The fourth-order valence-electron chi connectivity index (χ4n) is 1.75. The van der Waals surface area contributed by atoms with Crippen LogP contribution in [0, 0.1) is 0 Å². The van der Waals surface area contributed by atoms with Gasteiger partial charge in [-0.25, -0.2) is 8.42 Å². The summed E-state index contributed by atoms with van der Waals surface area (Å²) in [6.07, 6.45) is 1.10. The zero-order valence-electron chi connectivity index (χ0n) is 11.7. The van der Waals surface area contributed by atoms with Crippen molar-refractivity contribution in [1.29, 1.82) is 0 Å². The zero-order chi connectivity index (χ0) is 15.5. The number of sulfone groups is 1. The first-order chi connectivity index (χ1) is 9.90. The fourth-order valence-corrected chi connectivity index (χ4v) is 2.41. The molecule has 1 N–H and O–H groups in total. The second kappa shape index (κ2) is 5.97. The third-order valence-electron chi connectivity index (χ3n) is 2.87. The Labute approximate surface area is 123 Å². The Morgan fingerprint density at radius 2 is 1.76 bits per heavy atom. The SMILES string of the molecule is COc1ccc(NC(=O)c2cccc(S(C)(=O)=O)c2)cc1. The first kappa shape index (κ1) is 15.1. The van der Waals surface area contributed by atoms with Crippen molar-refractivity contribution in [3.05, 3.63) is 54.1 Å². The largest absolute Gasteiger partial charge is 0.497 e. The van der Waals surface area contributed by atoms with E-state index in [4.69, 9.17) is 4.74 Å². The van der Waals surface area contributed by atoms with Crippen molar-refractivity contribution in [3.63, 3.8) is 0 Å². The molecule has 0 saturated heterocycles. The fraction of sp³-hybridized carbons (Fsp3) is 0.133. The number of amides is 1. The second-order valence-corrected chi connectivity index (χ2v) is 6.50. The maximum Gasteiger partial charge on any atom is 0.255 e. The number of benzene rings is 2. The van der Waals surface area contributed by atoms with Gasteiger partial charge in [0.1, 0.15) is 5.75 Å². The molecule has 0 aliphatic carbocycles. The highest BCUT2D eigenvalue weighted by Gasteiger charge is 2.11. The molecule has 0 atom stereocenters. The number of ether oxygens (including phenoxy) is 1. The predicted molar refractivity (Wildman–Crippen MR) is 80.5 cm³/mol. The van der Waals surface area contributed by atoms with Gasteiger partial charge in [0.15, 0.2) is 9.84 Å². The summed E-state index contributed by atoms with van der Waals surface area (Å²) in [5.74, 6) is 0.317. The minimum atomic E-state index is -3.34. The van der Waals surface area contributed by atoms with Crippen molar-refractivity contribution in [2.45, 2.75) is 4.90 Å². The lowest BCUT2D eigenvalue weighted by atomic mass is 10.2. The van der Waals surface area contributed by atoms with E-state index in [9.17, 15) is 13.2 Å². The number of nitrogens with one attached hydrogen (secondary N) is 1. The summed E-state index contributed by atoms with van der Waals surface area (Å²) in [6, 6.07) is 12.8. The van der Waals surface area contributed by atoms with Crippen molar-refractivity contribution in [1.82, 2.24) is 0 Å². The number of anilines is 1. The van der Waals surface area contributed by atoms with Gasteiger partial charge in [-0.2, -0.15) is 0 Å². The Balaban J connectivity index is 2.20. The van der Waals surface area contributed by atoms with E-state index in [1.54, 1.807) is 43.5 Å². The van der Waals surface area contributed by atoms with E-state index in [0.29, 0.717) is 11.4 Å². The highest BCUT2D eigenvalue weighted by molar-refractivity contribution is 7.90. The maximum atomic E-state index is 12.1. The van der Waals surface area contributed by atoms with E-state index in [0.717, 1.165) is 6.26 Å². The molecule has 0 radical (unpaired) electrons. The number of carbonyl (C=O) groups is 1. The third-order valence-corrected chi connectivity index (χ3v) is 3.98. The molecular weight excluding hydrogens is 290 g/mol. The number of methoxy groups -OCH3 is 1. The highest BCUT2D eigenvalue weighted by Crippen LogP contribution is 2.17. The molecule has 21 heavy (non-hydrogen) atoms. The summed E-state index contributed by atoms with van der Waals surface area (Å²) < 4.78 is 28.0. The van der Waals surface area contributed by atoms with E-state index in [1.165, 1.54) is 12.1 Å². The molecule has 1 amide bonds. The van der Waals surface area contributed by atoms with Gasteiger partial charge in [-0.3, -0.25) is 4.79 Å². The monoisotopic (exact) mass is 305 g/mol. The standard InChI is InChI=1S/C15H15NO4S/c1-20-13-8-6-12(7-9-13)16-15(17)11-4-3-5-14(10-11)21(2,18)19/h3-10H,1-2H3,(H,16,17). The van der Waals surface area contributed by atoms with Crippen LogP contribution in [-0.2, 0) is 9.84 Å². The summed E-state index contributed by atoms with van der Waals surface area (Å²) in [5.41, 5.74) is 0.888. The summed E-state index contributed by atoms with van der Waals surface area (Å²) >= 11 is 0. The minimum absolute atomic E-state index is 0.116. The Hall–Kier alpha value is -2.34. The van der Waals surface area contributed by atoms with Gasteiger partial charge >= 0.3 is 0 Å². The van der Waals surface area contributed by atoms with Crippen molar-refractivity contribution < 1.29 is 17.9 Å². The highest BCUT2D eigenvalue weighted by atomic mass is 32.2. The van der Waals surface area contributed by atoms with Gasteiger partial charge in [0.25, 0.3) is 5.91 Å². The lowest BCUT2D eigenvalue weighted by Gasteiger charge is -2.07. The van der Waals surface area contributed by atoms with Crippen LogP contribution >= 0.6 is 0 Å². The van der Waals surface area contributed by atoms with Crippen molar-refractivity contribution in [2.24, 2.45) is 0 Å². The van der Waals surface area contributed by atoms with Crippen molar-refractivity contribution in [3.8, 4) is 5.75 Å². The average Bonchev–Trinajstić information content (AvgIpc) is 2.47. The Kier molecular flexibility index (Phi) is 4.28. The Bertz CT molecular complexity index is 751. The van der Waals surface area contributed by atoms with Crippen LogP contribution in [0.3, 0.4) is 0 Å². The van der Waals surface area contributed by atoms with Crippen molar-refractivity contribution >= 4 is 21.4 Å². The molecule has 5 nitrogen and oxygen atoms in total. The van der Waals surface area contributed by atoms with E-state index < -0.39 is 9.84 Å². The molecule has 0 unspecified atom stereocenters. The Morgan fingerprint density at radius 1 is 1.10 bits per heavy atom. The third kappa shape index (κ3) is 3.82. The summed E-state index contributed by atoms with van der Waals surface area (Å²) in [7, 11) is -1.78. The Morgan fingerprint density at radius 3 is 2.33 bits per heavy atom. The number of rotatable bonds is 4. The van der Waals surface area contributed by atoms with E-state index in [2.05, 4.69) is 5.32 Å². The van der Waals surface area contributed by atoms with Gasteiger partial charge in [-0.1, -0.05) is 6.07 Å². The van der Waals surface area contributed by atoms with Crippen molar-refractivity contribution in [2.75, 3.05) is 18.7 Å². The molecule has 0 heterocycles. The molecule has 0 bridgehead atoms. The first-order valence-corrected chi connectivity index (χ1v) is 8.05. The van der Waals surface area contributed by atoms with E-state index in [-0.39, 0.29) is 16.4 Å². The number of carbonyl (C=O) groups excluding carboxylic acids is 1. The second-order valence-electron chi connectivity index (χ2n) is 4.48. The maximum absolute atomic E-state index is 12.1. The molecule has 0 fully saturated rings. The summed E-state index contributed by atoms with van der Waals surface area (Å²) in [6.45, 7) is 0. The molecule has 0 aromatic heterocycles. The lowest BCUT2D eigenvalue weighted by molar-refractivity contribution is 0.102. The zero-order valence-corrected chi connectivity index (χ0v) is 12.5. The number of hydrogen-bond donors (Lipinski definition) is 1. The predicted octanol–water partition coefficient (Wildman–Crippen LogP) is 2.35. The molecule has 110 valence electrons. The van der Waals surface area contributed by atoms with Crippen LogP contribution in [0.2, 0.25) is 0 Å². The molecule has 2 aromatic carbocycles. The molecule has 0 spiro atoms. The van der Waals surface area contributed by atoms with Crippen LogP contribution in [0.4, 0.5) is 5.69 Å². The van der Waals surface area contributed by atoms with Gasteiger partial charge in [0, 0.05) is 17.5 Å². The average molecular weight is 305 g/mol. The molecule has 0 aliphatic rings. The minimum Gasteiger partial charge on any atom is -0.497 e. The van der Waals surface area contributed by atoms with Gasteiger partial charge < -0.3 is 10.1 Å². The summed E-state index contributed by atoms with van der Waals surface area (Å²) in [4.78, 5) is 12.2. The van der Waals surface area contributed by atoms with E-state index in [1.807, 2.05) is 0 Å². The first-order valence-electron chi connectivity index (χ1n) is 6.15. The molecule has 0 saturated carbocycles. The lowest BCUT2D eigenvalue weighted by Crippen LogP contribution is -2.12. The topological polar surface area (TPSA) is 72.5 Å². The van der Waals surface area contributed by atoms with Crippen LogP contribution in [0.5, 0.6) is 5.75 Å². The van der Waals surface area contributed by atoms with Crippen LogP contribution in [-0.4, -0.2) is 27.7 Å².